The molecule has 5 radical (unpaired) electrons. The van der Waals surface area contributed by atoms with Crippen molar-refractivity contribution >= 4 is 45.2 Å². The molecule has 0 aliphatic heterocycles. The summed E-state index contributed by atoms with van der Waals surface area (Å²) in [5.41, 5.74) is 1.42. The van der Waals surface area contributed by atoms with Crippen molar-refractivity contribution in [3.05, 3.63) is 62.5 Å². The number of hydrogen-bond acceptors (Lipinski definition) is 0. The minimum Gasteiger partial charge on any atom is -0.0764 e. The molecule has 77 valence electrons. The van der Waals surface area contributed by atoms with E-state index in [9.17, 15) is 0 Å². The maximum absolute atomic E-state index is 2.41. The van der Waals surface area contributed by atoms with Gasteiger partial charge in [-0.15, -0.1) is 0 Å². The minimum atomic E-state index is 0.486. The molecule has 1 aromatic rings. The predicted molar refractivity (Wildman–Crippen MR) is 81.0 cm³/mol. The molecule has 0 spiro atoms. The molecular weight excluding hydrogens is 410 g/mol. The van der Waals surface area contributed by atoms with E-state index in [0.717, 1.165) is 0 Å². The van der Waals surface area contributed by atoms with Crippen molar-refractivity contribution in [2.75, 3.05) is 0 Å². The van der Waals surface area contributed by atoms with Gasteiger partial charge in [0.2, 0.25) is 0 Å². The summed E-state index contributed by atoms with van der Waals surface area (Å²) in [6.45, 7) is 2.27. The highest BCUT2D eigenvalue weighted by Gasteiger charge is 2.32. The Labute approximate surface area is 120 Å². The molecule has 0 N–H and O–H groups in total. The quantitative estimate of drug-likeness (QED) is 0.615. The van der Waals surface area contributed by atoms with Gasteiger partial charge in [0.25, 0.3) is 0 Å². The first-order valence-corrected chi connectivity index (χ1v) is 7.01. The fourth-order valence-electron chi connectivity index (χ4n) is 1.76. The normalized spacial score (nSPS) is 20.7. The van der Waals surface area contributed by atoms with Gasteiger partial charge in [-0.2, -0.15) is 0 Å². The van der Waals surface area contributed by atoms with Crippen LogP contribution in [0.1, 0.15) is 18.4 Å². The highest BCUT2D eigenvalue weighted by atomic mass is 127. The molecule has 0 nitrogen and oxygen atoms in total. The van der Waals surface area contributed by atoms with Gasteiger partial charge in [-0.05, 0) is 59.4 Å². The van der Waals surface area contributed by atoms with E-state index in [1.165, 1.54) is 19.0 Å². The van der Waals surface area contributed by atoms with E-state index in [1.807, 2.05) is 0 Å². The third-order valence-corrected chi connectivity index (χ3v) is 4.60. The van der Waals surface area contributed by atoms with Gasteiger partial charge >= 0.3 is 0 Å². The van der Waals surface area contributed by atoms with E-state index in [1.54, 1.807) is 0 Å². The van der Waals surface area contributed by atoms with E-state index in [4.69, 9.17) is 0 Å². The molecule has 1 aliphatic carbocycles. The van der Waals surface area contributed by atoms with E-state index in [0.29, 0.717) is 5.92 Å². The maximum atomic E-state index is 2.41. The van der Waals surface area contributed by atoms with Crippen molar-refractivity contribution in [3.8, 4) is 0 Å². The number of rotatable bonds is 2. The molecule has 0 amide bonds. The molecule has 15 heavy (non-hydrogen) atoms. The van der Waals surface area contributed by atoms with Crippen LogP contribution in [0.3, 0.4) is 0 Å². The van der Waals surface area contributed by atoms with Gasteiger partial charge in [-0.3, -0.25) is 0 Å². The molecule has 1 aromatic carbocycles. The van der Waals surface area contributed by atoms with Crippen molar-refractivity contribution in [2.45, 2.75) is 12.8 Å². The largest absolute Gasteiger partial charge is 0.0764 e. The molecule has 0 bridgehead atoms. The van der Waals surface area contributed by atoms with Crippen molar-refractivity contribution in [2.24, 2.45) is 0 Å². The van der Waals surface area contributed by atoms with Crippen LogP contribution in [-0.4, -0.2) is 0 Å². The van der Waals surface area contributed by atoms with Gasteiger partial charge in [-0.1, -0.05) is 47.7 Å². The Morgan fingerprint density at radius 3 is 2.40 bits per heavy atom. The van der Waals surface area contributed by atoms with E-state index < -0.39 is 0 Å². The molecule has 2 heteroatoms. The van der Waals surface area contributed by atoms with Crippen molar-refractivity contribution in [3.63, 3.8) is 0 Å². The predicted octanol–water partition coefficient (Wildman–Crippen LogP) is 4.56. The third kappa shape index (κ3) is 2.68. The topological polar surface area (TPSA) is 0 Å². The van der Waals surface area contributed by atoms with Crippen LogP contribution in [0.4, 0.5) is 0 Å². The molecule has 2 rings (SSSR count). The summed E-state index contributed by atoms with van der Waals surface area (Å²) in [6, 6.07) is 8.59. The number of halogens is 2. The summed E-state index contributed by atoms with van der Waals surface area (Å²) < 4.78 is 2.71. The van der Waals surface area contributed by atoms with Gasteiger partial charge in [0.1, 0.15) is 0 Å². The molecule has 0 aromatic heterocycles. The second-order valence-electron chi connectivity index (χ2n) is 3.57. The lowest BCUT2D eigenvalue weighted by atomic mass is 9.86. The Morgan fingerprint density at radius 1 is 1.07 bits per heavy atom. The highest BCUT2D eigenvalue weighted by Crippen LogP contribution is 2.46. The van der Waals surface area contributed by atoms with Crippen LogP contribution in [0.25, 0.3) is 0 Å². The van der Waals surface area contributed by atoms with Crippen LogP contribution in [-0.2, 0) is 0 Å². The lowest BCUT2D eigenvalue weighted by Crippen LogP contribution is -2.09. The van der Waals surface area contributed by atoms with Crippen LogP contribution >= 0.6 is 45.2 Å². The van der Waals surface area contributed by atoms with Gasteiger partial charge < -0.3 is 0 Å². The Hall–Kier alpha value is 0.680. The fourth-order valence-corrected chi connectivity index (χ4v) is 3.47. The average molecular weight is 421 g/mol. The second-order valence-corrected chi connectivity index (χ2v) is 5.90. The van der Waals surface area contributed by atoms with Gasteiger partial charge in [0.05, 0.1) is 0 Å². The Bertz CT molecular complexity index is 335. The Kier molecular flexibility index (Phi) is 4.32. The first-order chi connectivity index (χ1) is 7.20. The first kappa shape index (κ1) is 12.1. The van der Waals surface area contributed by atoms with Crippen LogP contribution in [0.5, 0.6) is 0 Å². The van der Waals surface area contributed by atoms with Gasteiger partial charge in [-0.25, -0.2) is 0 Å². The molecular formula is C13H11I2. The molecule has 1 atom stereocenters. The summed E-state index contributed by atoms with van der Waals surface area (Å²) in [7, 11) is 0. The van der Waals surface area contributed by atoms with Gasteiger partial charge in [0.15, 0.2) is 0 Å². The molecule has 1 saturated carbocycles. The number of hydrogen-bond donors (Lipinski definition) is 0. The standard InChI is InChI=1S/C13H11I2/c1-9(11-6-4-8-13(11)15)10-5-2-3-7-12(10)14/h2-9H,1H3/t9-/m0/s1. The maximum Gasteiger partial charge on any atom is 0.0481 e. The zero-order valence-electron chi connectivity index (χ0n) is 8.37. The first-order valence-electron chi connectivity index (χ1n) is 4.85. The molecule has 1 fully saturated rings. The van der Waals surface area contributed by atoms with E-state index >= 15 is 0 Å². The Balaban J connectivity index is 2.20. The zero-order chi connectivity index (χ0) is 10.8. The number of benzene rings is 1. The van der Waals surface area contributed by atoms with Crippen molar-refractivity contribution in [1.29, 1.82) is 0 Å². The summed E-state index contributed by atoms with van der Waals surface area (Å²) in [4.78, 5) is 0. The lowest BCUT2D eigenvalue weighted by Gasteiger charge is -2.22. The fraction of sp³-hybridized carbons (Fsp3) is 0.154. The van der Waals surface area contributed by atoms with Crippen LogP contribution < -0.4 is 0 Å². The molecule has 0 unspecified atom stereocenters. The third-order valence-electron chi connectivity index (χ3n) is 2.63. The summed E-state index contributed by atoms with van der Waals surface area (Å²) in [6.07, 6.45) is 6.52. The van der Waals surface area contributed by atoms with E-state index in [-0.39, 0.29) is 0 Å². The summed E-state index contributed by atoms with van der Waals surface area (Å²) in [5, 5.41) is 0. The van der Waals surface area contributed by atoms with Crippen molar-refractivity contribution in [1.82, 2.24) is 0 Å². The summed E-state index contributed by atoms with van der Waals surface area (Å²) >= 11 is 4.82. The minimum absolute atomic E-state index is 0.486. The summed E-state index contributed by atoms with van der Waals surface area (Å²) in [5.74, 6) is 1.92. The zero-order valence-corrected chi connectivity index (χ0v) is 12.7. The second kappa shape index (κ2) is 5.34. The molecule has 0 saturated heterocycles. The highest BCUT2D eigenvalue weighted by molar-refractivity contribution is 14.1. The van der Waals surface area contributed by atoms with Crippen molar-refractivity contribution < 1.29 is 0 Å². The van der Waals surface area contributed by atoms with Crippen LogP contribution in [0.2, 0.25) is 0 Å². The van der Waals surface area contributed by atoms with Gasteiger partial charge in [0, 0.05) is 13.4 Å². The van der Waals surface area contributed by atoms with E-state index in [2.05, 4.69) is 95.6 Å². The SMILES string of the molecule is C[C@H]([C]1[CH][CH][CH][C]1I)c1ccccc1I. The van der Waals surface area contributed by atoms with Crippen LogP contribution in [0.15, 0.2) is 24.3 Å². The smallest absolute Gasteiger partial charge is 0.0481 e. The molecule has 0 heterocycles. The monoisotopic (exact) mass is 421 g/mol. The average Bonchev–Trinajstić information content (AvgIpc) is 2.64. The Morgan fingerprint density at radius 2 is 1.80 bits per heavy atom. The van der Waals surface area contributed by atoms with Crippen LogP contribution in [0, 0.1) is 32.7 Å². The lowest BCUT2D eigenvalue weighted by molar-refractivity contribution is 0.818. The molecule has 1 aliphatic rings.